The average molecular weight is 427 g/mol. The van der Waals surface area contributed by atoms with Crippen molar-refractivity contribution in [2.45, 2.75) is 17.4 Å². The lowest BCUT2D eigenvalue weighted by atomic mass is 9.99. The second kappa shape index (κ2) is 7.89. The smallest absolute Gasteiger partial charge is 0.279 e. The summed E-state index contributed by atoms with van der Waals surface area (Å²) in [6, 6.07) is 22.5. The molecule has 1 atom stereocenters. The number of nitrogens with zero attached hydrogens (tertiary/aromatic N) is 2. The van der Waals surface area contributed by atoms with Gasteiger partial charge in [-0.3, -0.25) is 0 Å². The van der Waals surface area contributed by atoms with Crippen LogP contribution >= 0.6 is 11.6 Å². The molecule has 1 aliphatic rings. The van der Waals surface area contributed by atoms with E-state index >= 15 is 0 Å². The van der Waals surface area contributed by atoms with Gasteiger partial charge in [0, 0.05) is 17.0 Å². The van der Waals surface area contributed by atoms with Crippen molar-refractivity contribution in [2.24, 2.45) is 5.10 Å². The van der Waals surface area contributed by atoms with Gasteiger partial charge in [-0.05, 0) is 42.0 Å². The predicted octanol–water partition coefficient (Wildman–Crippen LogP) is 4.89. The SMILES string of the molecule is COc1ccccc1C1=NN(S(=O)(=O)c2ccccc2)C(c2cccc(Cl)c2)C1. The summed E-state index contributed by atoms with van der Waals surface area (Å²) >= 11 is 6.18. The van der Waals surface area contributed by atoms with E-state index in [0.29, 0.717) is 22.9 Å². The number of benzene rings is 3. The molecule has 0 N–H and O–H groups in total. The quantitative estimate of drug-likeness (QED) is 0.583. The Labute approximate surface area is 175 Å². The van der Waals surface area contributed by atoms with E-state index < -0.39 is 16.1 Å². The van der Waals surface area contributed by atoms with Gasteiger partial charge in [-0.15, -0.1) is 0 Å². The number of hydrazone groups is 1. The second-order valence-electron chi connectivity index (χ2n) is 6.61. The van der Waals surface area contributed by atoms with Crippen LogP contribution in [-0.4, -0.2) is 25.7 Å². The first-order valence-electron chi connectivity index (χ1n) is 9.06. The van der Waals surface area contributed by atoms with E-state index in [-0.39, 0.29) is 4.90 Å². The molecule has 0 spiro atoms. The highest BCUT2D eigenvalue weighted by molar-refractivity contribution is 7.89. The molecule has 5 nitrogen and oxygen atoms in total. The molecule has 1 unspecified atom stereocenters. The lowest BCUT2D eigenvalue weighted by Gasteiger charge is -2.23. The zero-order chi connectivity index (χ0) is 20.4. The molecule has 0 saturated heterocycles. The lowest BCUT2D eigenvalue weighted by Crippen LogP contribution is -2.27. The summed E-state index contributed by atoms with van der Waals surface area (Å²) in [6.45, 7) is 0. The molecule has 0 aliphatic carbocycles. The van der Waals surface area contributed by atoms with Gasteiger partial charge in [-0.25, -0.2) is 0 Å². The largest absolute Gasteiger partial charge is 0.496 e. The fraction of sp³-hybridized carbons (Fsp3) is 0.136. The topological polar surface area (TPSA) is 59.0 Å². The van der Waals surface area contributed by atoms with E-state index in [2.05, 4.69) is 5.10 Å². The Hall–Kier alpha value is -2.83. The molecule has 0 saturated carbocycles. The normalized spacial score (nSPS) is 16.6. The third-order valence-corrected chi connectivity index (χ3v) is 6.74. The number of halogens is 1. The van der Waals surface area contributed by atoms with Gasteiger partial charge >= 0.3 is 0 Å². The predicted molar refractivity (Wildman–Crippen MR) is 114 cm³/mol. The number of hydrogen-bond acceptors (Lipinski definition) is 4. The summed E-state index contributed by atoms with van der Waals surface area (Å²) in [5.41, 5.74) is 2.20. The van der Waals surface area contributed by atoms with Crippen LogP contribution < -0.4 is 4.74 Å². The Morgan fingerprint density at radius 3 is 2.45 bits per heavy atom. The van der Waals surface area contributed by atoms with Crippen molar-refractivity contribution < 1.29 is 13.2 Å². The van der Waals surface area contributed by atoms with Crippen LogP contribution in [0.25, 0.3) is 0 Å². The summed E-state index contributed by atoms with van der Waals surface area (Å²) in [6.07, 6.45) is 0.410. The third kappa shape index (κ3) is 3.73. The van der Waals surface area contributed by atoms with Gasteiger partial charge in [0.25, 0.3) is 10.0 Å². The Bertz CT molecular complexity index is 1160. The molecule has 7 heteroatoms. The van der Waals surface area contributed by atoms with Crippen molar-refractivity contribution in [1.82, 2.24) is 4.41 Å². The van der Waals surface area contributed by atoms with Crippen LogP contribution in [0.5, 0.6) is 5.75 Å². The Balaban J connectivity index is 1.84. The molecule has 1 aliphatic heterocycles. The van der Waals surface area contributed by atoms with E-state index in [4.69, 9.17) is 16.3 Å². The van der Waals surface area contributed by atoms with Gasteiger partial charge in [0.1, 0.15) is 5.75 Å². The van der Waals surface area contributed by atoms with Crippen LogP contribution in [-0.2, 0) is 10.0 Å². The van der Waals surface area contributed by atoms with Crippen LogP contribution in [0.2, 0.25) is 5.02 Å². The van der Waals surface area contributed by atoms with E-state index in [1.165, 1.54) is 4.41 Å². The molecule has 148 valence electrons. The maximum atomic E-state index is 13.4. The van der Waals surface area contributed by atoms with Crippen molar-refractivity contribution in [2.75, 3.05) is 7.11 Å². The van der Waals surface area contributed by atoms with E-state index in [1.54, 1.807) is 49.6 Å². The average Bonchev–Trinajstić information content (AvgIpc) is 3.20. The highest BCUT2D eigenvalue weighted by Gasteiger charge is 2.38. The molecular formula is C22H19ClN2O3S. The first kappa shape index (κ1) is 19.5. The van der Waals surface area contributed by atoms with Crippen LogP contribution in [0.3, 0.4) is 0 Å². The number of methoxy groups -OCH3 is 1. The van der Waals surface area contributed by atoms with Crippen molar-refractivity contribution in [3.05, 3.63) is 95.0 Å². The van der Waals surface area contributed by atoms with Crippen molar-refractivity contribution in [3.8, 4) is 5.75 Å². The molecule has 3 aromatic rings. The highest BCUT2D eigenvalue weighted by Crippen LogP contribution is 2.39. The molecule has 29 heavy (non-hydrogen) atoms. The Kier molecular flexibility index (Phi) is 5.30. The minimum Gasteiger partial charge on any atom is -0.496 e. The first-order chi connectivity index (χ1) is 14.0. The van der Waals surface area contributed by atoms with Crippen LogP contribution in [0.15, 0.2) is 88.9 Å². The molecule has 0 aromatic heterocycles. The van der Waals surface area contributed by atoms with Crippen molar-refractivity contribution >= 4 is 27.3 Å². The zero-order valence-corrected chi connectivity index (χ0v) is 17.3. The van der Waals surface area contributed by atoms with Gasteiger partial charge in [0.2, 0.25) is 0 Å². The number of rotatable bonds is 5. The van der Waals surface area contributed by atoms with E-state index in [1.807, 2.05) is 36.4 Å². The molecule has 4 rings (SSSR count). The Morgan fingerprint density at radius 1 is 1.00 bits per heavy atom. The molecule has 1 heterocycles. The van der Waals surface area contributed by atoms with Crippen molar-refractivity contribution in [3.63, 3.8) is 0 Å². The standard InChI is InChI=1S/C22H19ClN2O3S/c1-28-22-13-6-5-12-19(22)20-15-21(16-8-7-9-17(23)14-16)25(24-20)29(26,27)18-10-3-2-4-11-18/h2-14,21H,15H2,1H3. The summed E-state index contributed by atoms with van der Waals surface area (Å²) in [7, 11) is -2.26. The zero-order valence-electron chi connectivity index (χ0n) is 15.7. The first-order valence-corrected chi connectivity index (χ1v) is 10.9. The monoisotopic (exact) mass is 426 g/mol. The highest BCUT2D eigenvalue weighted by atomic mass is 35.5. The minimum absolute atomic E-state index is 0.192. The van der Waals surface area contributed by atoms with E-state index in [0.717, 1.165) is 11.1 Å². The molecular weight excluding hydrogens is 408 g/mol. The number of sulfonamides is 1. The number of ether oxygens (including phenoxy) is 1. The number of para-hydroxylation sites is 1. The molecule has 0 bridgehead atoms. The summed E-state index contributed by atoms with van der Waals surface area (Å²) in [4.78, 5) is 0.192. The van der Waals surface area contributed by atoms with Crippen LogP contribution in [0.4, 0.5) is 0 Å². The lowest BCUT2D eigenvalue weighted by molar-refractivity contribution is 0.371. The van der Waals surface area contributed by atoms with E-state index in [9.17, 15) is 8.42 Å². The summed E-state index contributed by atoms with van der Waals surface area (Å²) < 4.78 is 33.4. The van der Waals surface area contributed by atoms with Crippen LogP contribution in [0.1, 0.15) is 23.6 Å². The second-order valence-corrected chi connectivity index (χ2v) is 8.84. The Morgan fingerprint density at radius 2 is 1.72 bits per heavy atom. The fourth-order valence-corrected chi connectivity index (χ4v) is 5.07. The van der Waals surface area contributed by atoms with Crippen LogP contribution in [0, 0.1) is 0 Å². The van der Waals surface area contributed by atoms with Gasteiger partial charge in [0.15, 0.2) is 0 Å². The molecule has 0 amide bonds. The minimum atomic E-state index is -3.85. The summed E-state index contributed by atoms with van der Waals surface area (Å²) in [5.74, 6) is 0.648. The van der Waals surface area contributed by atoms with Gasteiger partial charge in [-0.2, -0.15) is 17.9 Å². The van der Waals surface area contributed by atoms with Gasteiger partial charge in [0.05, 0.1) is 23.8 Å². The van der Waals surface area contributed by atoms with Gasteiger partial charge < -0.3 is 4.74 Å². The maximum absolute atomic E-state index is 13.4. The van der Waals surface area contributed by atoms with Gasteiger partial charge in [-0.1, -0.05) is 54.1 Å². The summed E-state index contributed by atoms with van der Waals surface area (Å²) in [5, 5.41) is 5.09. The molecule has 0 fully saturated rings. The van der Waals surface area contributed by atoms with Crippen molar-refractivity contribution in [1.29, 1.82) is 0 Å². The molecule has 3 aromatic carbocycles. The third-order valence-electron chi connectivity index (χ3n) is 4.81. The maximum Gasteiger partial charge on any atom is 0.279 e. The fourth-order valence-electron chi connectivity index (χ4n) is 3.42. The number of hydrogen-bond donors (Lipinski definition) is 0. The molecule has 0 radical (unpaired) electrons.